The van der Waals surface area contributed by atoms with Crippen molar-refractivity contribution in [2.24, 2.45) is 0 Å². The first-order chi connectivity index (χ1) is 9.47. The zero-order chi connectivity index (χ0) is 14.8. The number of nitrogens with one attached hydrogen (secondary N) is 1. The molecule has 0 spiro atoms. The number of anilines is 1. The molecule has 0 aliphatic heterocycles. The third kappa shape index (κ3) is 3.27. The number of benzene rings is 1. The molecule has 4 nitrogen and oxygen atoms in total. The number of ether oxygens (including phenoxy) is 1. The number of halogens is 2. The molecule has 0 aromatic heterocycles. The number of aliphatic carboxylic acids is 1. The molecule has 1 aliphatic rings. The van der Waals surface area contributed by atoms with Crippen molar-refractivity contribution in [1.29, 1.82) is 0 Å². The topological polar surface area (TPSA) is 58.6 Å². The van der Waals surface area contributed by atoms with Crippen molar-refractivity contribution in [2.45, 2.75) is 37.3 Å². The summed E-state index contributed by atoms with van der Waals surface area (Å²) in [7, 11) is 1.67. The fourth-order valence-electron chi connectivity index (χ4n) is 2.56. The van der Waals surface area contributed by atoms with E-state index in [1.54, 1.807) is 25.3 Å². The average molecular weight is 363 g/mol. The molecule has 2 N–H and O–H groups in total. The minimum absolute atomic E-state index is 0.154. The summed E-state index contributed by atoms with van der Waals surface area (Å²) in [6.07, 6.45) is 2.72. The molecule has 20 heavy (non-hydrogen) atoms. The van der Waals surface area contributed by atoms with Gasteiger partial charge in [-0.15, -0.1) is 0 Å². The van der Waals surface area contributed by atoms with Gasteiger partial charge in [-0.1, -0.05) is 11.6 Å². The van der Waals surface area contributed by atoms with E-state index in [1.165, 1.54) is 0 Å². The van der Waals surface area contributed by atoms with Crippen LogP contribution in [-0.2, 0) is 9.53 Å². The van der Waals surface area contributed by atoms with Gasteiger partial charge in [0.15, 0.2) is 0 Å². The predicted molar refractivity (Wildman–Crippen MR) is 82.4 cm³/mol. The van der Waals surface area contributed by atoms with E-state index in [9.17, 15) is 9.90 Å². The number of hydrogen-bond acceptors (Lipinski definition) is 3. The van der Waals surface area contributed by atoms with E-state index in [2.05, 4.69) is 21.2 Å². The molecule has 1 aromatic carbocycles. The Morgan fingerprint density at radius 3 is 2.65 bits per heavy atom. The summed E-state index contributed by atoms with van der Waals surface area (Å²) in [5.41, 5.74) is -0.179. The molecule has 0 atom stereocenters. The van der Waals surface area contributed by atoms with Crippen LogP contribution in [0.2, 0.25) is 5.02 Å². The van der Waals surface area contributed by atoms with Crippen molar-refractivity contribution in [3.63, 3.8) is 0 Å². The monoisotopic (exact) mass is 361 g/mol. The lowest BCUT2D eigenvalue weighted by molar-refractivity contribution is -0.144. The highest BCUT2D eigenvalue weighted by molar-refractivity contribution is 9.10. The van der Waals surface area contributed by atoms with Gasteiger partial charge in [0.05, 0.1) is 11.1 Å². The minimum Gasteiger partial charge on any atom is -0.480 e. The fourth-order valence-corrected chi connectivity index (χ4v) is 3.06. The highest BCUT2D eigenvalue weighted by atomic mass is 79.9. The Bertz CT molecular complexity index is 501. The normalized spacial score (nSPS) is 26.2. The van der Waals surface area contributed by atoms with Gasteiger partial charge in [0.1, 0.15) is 5.54 Å². The number of hydrogen-bond donors (Lipinski definition) is 2. The quantitative estimate of drug-likeness (QED) is 0.852. The standard InChI is InChI=1S/C14H17BrClNO3/c1-20-10-4-6-14(7-5-10,13(18)19)17-9-2-3-12(16)11(15)8-9/h2-3,8,10,17H,4-7H2,1H3,(H,18,19). The molecule has 1 fully saturated rings. The molecule has 0 heterocycles. The summed E-state index contributed by atoms with van der Waals surface area (Å²) in [5.74, 6) is -0.821. The molecule has 6 heteroatoms. The summed E-state index contributed by atoms with van der Waals surface area (Å²) in [4.78, 5) is 11.7. The summed E-state index contributed by atoms with van der Waals surface area (Å²) < 4.78 is 6.05. The van der Waals surface area contributed by atoms with Crippen LogP contribution in [0.1, 0.15) is 25.7 Å². The van der Waals surface area contributed by atoms with Gasteiger partial charge in [-0.2, -0.15) is 0 Å². The van der Waals surface area contributed by atoms with Crippen LogP contribution in [0.25, 0.3) is 0 Å². The molecule has 1 aromatic rings. The van der Waals surface area contributed by atoms with Crippen LogP contribution in [0.3, 0.4) is 0 Å². The van der Waals surface area contributed by atoms with Crippen LogP contribution in [0.5, 0.6) is 0 Å². The van der Waals surface area contributed by atoms with Gasteiger partial charge in [-0.05, 0) is 59.8 Å². The summed E-state index contributed by atoms with van der Waals surface area (Å²) in [5, 5.41) is 13.4. The summed E-state index contributed by atoms with van der Waals surface area (Å²) in [6.45, 7) is 0. The maximum atomic E-state index is 11.7. The number of carboxylic acid groups (broad SMARTS) is 1. The summed E-state index contributed by atoms with van der Waals surface area (Å²) >= 11 is 9.30. The third-order valence-electron chi connectivity index (χ3n) is 3.83. The number of carboxylic acids is 1. The average Bonchev–Trinajstić information content (AvgIpc) is 2.43. The van der Waals surface area contributed by atoms with Gasteiger partial charge >= 0.3 is 5.97 Å². The minimum atomic E-state index is -0.928. The van der Waals surface area contributed by atoms with E-state index in [1.807, 2.05) is 0 Å². The molecule has 110 valence electrons. The largest absolute Gasteiger partial charge is 0.480 e. The molecular weight excluding hydrogens is 346 g/mol. The maximum Gasteiger partial charge on any atom is 0.329 e. The van der Waals surface area contributed by atoms with Crippen LogP contribution in [0, 0.1) is 0 Å². The number of carbonyl (C=O) groups is 1. The van der Waals surface area contributed by atoms with Gasteiger partial charge in [0, 0.05) is 17.3 Å². The first-order valence-electron chi connectivity index (χ1n) is 6.46. The van der Waals surface area contributed by atoms with Crippen LogP contribution in [0.15, 0.2) is 22.7 Å². The smallest absolute Gasteiger partial charge is 0.329 e. The van der Waals surface area contributed by atoms with E-state index in [-0.39, 0.29) is 6.10 Å². The third-order valence-corrected chi connectivity index (χ3v) is 5.05. The SMILES string of the molecule is COC1CCC(Nc2ccc(Cl)c(Br)c2)(C(=O)O)CC1. The van der Waals surface area contributed by atoms with Crippen LogP contribution < -0.4 is 5.32 Å². The second kappa shape index (κ2) is 6.33. The Labute approximate surface area is 131 Å². The molecule has 1 saturated carbocycles. The lowest BCUT2D eigenvalue weighted by Crippen LogP contribution is -2.50. The van der Waals surface area contributed by atoms with E-state index in [0.717, 1.165) is 23.0 Å². The van der Waals surface area contributed by atoms with Crippen molar-refractivity contribution < 1.29 is 14.6 Å². The first-order valence-corrected chi connectivity index (χ1v) is 7.63. The highest BCUT2D eigenvalue weighted by Crippen LogP contribution is 2.35. The second-order valence-electron chi connectivity index (χ2n) is 5.08. The van der Waals surface area contributed by atoms with Gasteiger partial charge in [0.25, 0.3) is 0 Å². The lowest BCUT2D eigenvalue weighted by Gasteiger charge is -2.37. The van der Waals surface area contributed by atoms with E-state index < -0.39 is 11.5 Å². The van der Waals surface area contributed by atoms with Crippen molar-refractivity contribution in [2.75, 3.05) is 12.4 Å². The highest BCUT2D eigenvalue weighted by Gasteiger charge is 2.42. The Hall–Kier alpha value is -0.780. The molecule has 0 bridgehead atoms. The second-order valence-corrected chi connectivity index (χ2v) is 6.34. The van der Waals surface area contributed by atoms with Gasteiger partial charge in [-0.25, -0.2) is 4.79 Å². The Kier molecular flexibility index (Phi) is 4.94. The number of methoxy groups -OCH3 is 1. The molecular formula is C14H17BrClNO3. The zero-order valence-electron chi connectivity index (χ0n) is 11.2. The van der Waals surface area contributed by atoms with Crippen molar-refractivity contribution in [1.82, 2.24) is 0 Å². The predicted octanol–water partition coefficient (Wildman–Crippen LogP) is 3.93. The van der Waals surface area contributed by atoms with E-state index in [4.69, 9.17) is 16.3 Å². The van der Waals surface area contributed by atoms with Crippen molar-refractivity contribution >= 4 is 39.2 Å². The van der Waals surface area contributed by atoms with Gasteiger partial charge in [-0.3, -0.25) is 0 Å². The Morgan fingerprint density at radius 1 is 1.50 bits per heavy atom. The molecule has 0 unspecified atom stereocenters. The maximum absolute atomic E-state index is 11.7. The van der Waals surface area contributed by atoms with Gasteiger partial charge in [0.2, 0.25) is 0 Å². The summed E-state index contributed by atoms with van der Waals surface area (Å²) in [6, 6.07) is 5.33. The fraction of sp³-hybridized carbons (Fsp3) is 0.500. The molecule has 2 rings (SSSR count). The van der Waals surface area contributed by atoms with Crippen LogP contribution in [-0.4, -0.2) is 29.8 Å². The lowest BCUT2D eigenvalue weighted by atomic mass is 9.80. The molecule has 0 saturated heterocycles. The molecule has 0 amide bonds. The van der Waals surface area contributed by atoms with Crippen molar-refractivity contribution in [3.8, 4) is 0 Å². The zero-order valence-corrected chi connectivity index (χ0v) is 13.5. The Morgan fingerprint density at radius 2 is 2.15 bits per heavy atom. The Balaban J connectivity index is 2.17. The molecule has 1 aliphatic carbocycles. The number of rotatable bonds is 4. The van der Waals surface area contributed by atoms with Crippen LogP contribution in [0.4, 0.5) is 5.69 Å². The van der Waals surface area contributed by atoms with Crippen LogP contribution >= 0.6 is 27.5 Å². The van der Waals surface area contributed by atoms with E-state index >= 15 is 0 Å². The van der Waals surface area contributed by atoms with E-state index in [0.29, 0.717) is 17.9 Å². The first kappa shape index (κ1) is 15.6. The van der Waals surface area contributed by atoms with Crippen molar-refractivity contribution in [3.05, 3.63) is 27.7 Å². The van der Waals surface area contributed by atoms with Gasteiger partial charge < -0.3 is 15.2 Å². The molecule has 0 radical (unpaired) electrons.